The Kier molecular flexibility index (Phi) is 6.06. The van der Waals surface area contributed by atoms with Crippen LogP contribution in [0.1, 0.15) is 38.2 Å². The van der Waals surface area contributed by atoms with E-state index in [1.807, 2.05) is 6.92 Å². The first-order chi connectivity index (χ1) is 13.4. The van der Waals surface area contributed by atoms with Crippen LogP contribution in [0.5, 0.6) is 0 Å². The number of imidazole rings is 1. The van der Waals surface area contributed by atoms with Gasteiger partial charge in [-0.15, -0.1) is 0 Å². The molecule has 1 N–H and O–H groups in total. The van der Waals surface area contributed by atoms with Crippen LogP contribution >= 0.6 is 27.5 Å². The standard InChI is InChI=1S/C19H19BrClF2N3O2S/c1-4-26-17-9-14(19(3,22)23)15(20)10-16(17)24-18(26)11(2)25-29(27,28)13-7-5-12(21)6-8-13/h5-11,25H,4H2,1-3H3/t11-/m1/s1. The van der Waals surface area contributed by atoms with Crippen molar-refractivity contribution in [1.29, 1.82) is 0 Å². The van der Waals surface area contributed by atoms with Crippen molar-refractivity contribution in [3.8, 4) is 0 Å². The predicted octanol–water partition coefficient (Wildman–Crippen LogP) is 5.62. The second kappa shape index (κ2) is 7.94. The smallest absolute Gasteiger partial charge is 0.271 e. The van der Waals surface area contributed by atoms with E-state index >= 15 is 0 Å². The molecular formula is C19H19BrClF2N3O2S. The van der Waals surface area contributed by atoms with Gasteiger partial charge in [-0.05, 0) is 50.2 Å². The Morgan fingerprint density at radius 1 is 1.28 bits per heavy atom. The van der Waals surface area contributed by atoms with Crippen LogP contribution in [0.3, 0.4) is 0 Å². The van der Waals surface area contributed by atoms with Gasteiger partial charge in [0.1, 0.15) is 5.82 Å². The number of aromatic nitrogens is 2. The van der Waals surface area contributed by atoms with Crippen molar-refractivity contribution in [1.82, 2.24) is 14.3 Å². The Labute approximate surface area is 181 Å². The minimum atomic E-state index is -3.82. The summed E-state index contributed by atoms with van der Waals surface area (Å²) in [5.74, 6) is -2.60. The average Bonchev–Trinajstić information content (AvgIpc) is 2.97. The third-order valence-electron chi connectivity index (χ3n) is 4.50. The fourth-order valence-corrected chi connectivity index (χ4v) is 5.14. The zero-order chi connectivity index (χ0) is 21.6. The Morgan fingerprint density at radius 2 is 1.90 bits per heavy atom. The van der Waals surface area contributed by atoms with Crippen LogP contribution in [0.15, 0.2) is 45.8 Å². The lowest BCUT2D eigenvalue weighted by Gasteiger charge is -2.16. The van der Waals surface area contributed by atoms with E-state index in [1.165, 1.54) is 36.4 Å². The van der Waals surface area contributed by atoms with Gasteiger partial charge < -0.3 is 4.57 Å². The Balaban J connectivity index is 2.03. The number of benzene rings is 2. The molecule has 0 unspecified atom stereocenters. The zero-order valence-electron chi connectivity index (χ0n) is 15.9. The minimum absolute atomic E-state index is 0.0727. The summed E-state index contributed by atoms with van der Waals surface area (Å²) < 4.78 is 57.8. The lowest BCUT2D eigenvalue weighted by atomic mass is 10.1. The highest BCUT2D eigenvalue weighted by Crippen LogP contribution is 2.36. The van der Waals surface area contributed by atoms with Crippen LogP contribution in [0.2, 0.25) is 5.02 Å². The van der Waals surface area contributed by atoms with E-state index in [0.717, 1.165) is 6.92 Å². The van der Waals surface area contributed by atoms with Crippen LogP contribution in [0, 0.1) is 0 Å². The molecule has 29 heavy (non-hydrogen) atoms. The van der Waals surface area contributed by atoms with Gasteiger partial charge in [-0.25, -0.2) is 26.9 Å². The van der Waals surface area contributed by atoms with Crippen molar-refractivity contribution in [2.45, 2.75) is 44.2 Å². The van der Waals surface area contributed by atoms with Crippen LogP contribution in [0.25, 0.3) is 11.0 Å². The van der Waals surface area contributed by atoms with Gasteiger partial charge in [0, 0.05) is 28.5 Å². The molecule has 0 amide bonds. The molecule has 5 nitrogen and oxygen atoms in total. The Hall–Kier alpha value is -1.55. The van der Waals surface area contributed by atoms with Crippen LogP contribution < -0.4 is 4.72 Å². The molecule has 0 aliphatic carbocycles. The molecule has 1 aromatic heterocycles. The molecule has 0 bridgehead atoms. The summed E-state index contributed by atoms with van der Waals surface area (Å²) in [5.41, 5.74) is 0.861. The molecule has 0 fully saturated rings. The number of nitrogens with one attached hydrogen (secondary N) is 1. The highest BCUT2D eigenvalue weighted by atomic mass is 79.9. The average molecular weight is 507 g/mol. The first-order valence-electron chi connectivity index (χ1n) is 8.80. The number of hydrogen-bond acceptors (Lipinski definition) is 3. The number of halogens is 4. The van der Waals surface area contributed by atoms with E-state index in [2.05, 4.69) is 25.6 Å². The maximum atomic E-state index is 13.9. The van der Waals surface area contributed by atoms with E-state index in [-0.39, 0.29) is 14.9 Å². The molecule has 156 valence electrons. The van der Waals surface area contributed by atoms with E-state index in [0.29, 0.717) is 28.4 Å². The number of alkyl halides is 2. The number of nitrogens with zero attached hydrogens (tertiary/aromatic N) is 2. The quantitative estimate of drug-likeness (QED) is 0.472. The zero-order valence-corrected chi connectivity index (χ0v) is 19.0. The number of fused-ring (bicyclic) bond motifs is 1. The van der Waals surface area contributed by atoms with Crippen molar-refractivity contribution in [2.75, 3.05) is 0 Å². The number of rotatable bonds is 6. The first-order valence-corrected chi connectivity index (χ1v) is 11.5. The first kappa shape index (κ1) is 22.1. The summed E-state index contributed by atoms with van der Waals surface area (Å²) in [6.45, 7) is 4.77. The van der Waals surface area contributed by atoms with E-state index < -0.39 is 22.0 Å². The van der Waals surface area contributed by atoms with Gasteiger partial charge in [-0.2, -0.15) is 0 Å². The van der Waals surface area contributed by atoms with Crippen LogP contribution in [-0.4, -0.2) is 18.0 Å². The molecule has 0 aliphatic rings. The molecule has 0 saturated carbocycles. The topological polar surface area (TPSA) is 64.0 Å². The molecule has 0 radical (unpaired) electrons. The van der Waals surface area contributed by atoms with Gasteiger partial charge in [0.2, 0.25) is 10.0 Å². The number of sulfonamides is 1. The molecule has 0 spiro atoms. The van der Waals surface area contributed by atoms with Gasteiger partial charge in [0.25, 0.3) is 5.92 Å². The summed E-state index contributed by atoms with van der Waals surface area (Å²) >= 11 is 9.00. The van der Waals surface area contributed by atoms with Gasteiger partial charge in [-0.3, -0.25) is 0 Å². The van der Waals surface area contributed by atoms with Crippen molar-refractivity contribution < 1.29 is 17.2 Å². The lowest BCUT2D eigenvalue weighted by molar-refractivity contribution is 0.0168. The maximum absolute atomic E-state index is 13.9. The largest absolute Gasteiger partial charge is 0.327 e. The SMILES string of the molecule is CCn1c([C@@H](C)NS(=O)(=O)c2ccc(Cl)cc2)nc2cc(Br)c(C(C)(F)F)cc21. The molecular weight excluding hydrogens is 488 g/mol. The van der Waals surface area contributed by atoms with Crippen molar-refractivity contribution >= 4 is 48.6 Å². The highest BCUT2D eigenvalue weighted by molar-refractivity contribution is 9.10. The summed E-state index contributed by atoms with van der Waals surface area (Å²) in [7, 11) is -3.82. The van der Waals surface area contributed by atoms with Gasteiger partial charge in [0.05, 0.1) is 22.0 Å². The van der Waals surface area contributed by atoms with E-state index in [1.54, 1.807) is 11.5 Å². The van der Waals surface area contributed by atoms with Gasteiger partial charge in [-0.1, -0.05) is 27.5 Å². The lowest BCUT2D eigenvalue weighted by Crippen LogP contribution is -2.28. The molecule has 3 aromatic rings. The van der Waals surface area contributed by atoms with Crippen molar-refractivity contribution in [3.05, 3.63) is 57.3 Å². The normalized spacial score (nSPS) is 13.8. The highest BCUT2D eigenvalue weighted by Gasteiger charge is 2.29. The number of aryl methyl sites for hydroxylation is 1. The number of hydrogen-bond donors (Lipinski definition) is 1. The maximum Gasteiger partial charge on any atom is 0.271 e. The Morgan fingerprint density at radius 3 is 2.45 bits per heavy atom. The van der Waals surface area contributed by atoms with Gasteiger partial charge >= 0.3 is 0 Å². The van der Waals surface area contributed by atoms with Crippen LogP contribution in [0.4, 0.5) is 8.78 Å². The van der Waals surface area contributed by atoms with Crippen molar-refractivity contribution in [3.63, 3.8) is 0 Å². The summed E-state index contributed by atoms with van der Waals surface area (Å²) in [4.78, 5) is 4.57. The monoisotopic (exact) mass is 505 g/mol. The summed E-state index contributed by atoms with van der Waals surface area (Å²) in [6, 6.07) is 8.03. The van der Waals surface area contributed by atoms with Crippen LogP contribution in [-0.2, 0) is 22.5 Å². The van der Waals surface area contributed by atoms with E-state index in [9.17, 15) is 17.2 Å². The third-order valence-corrected chi connectivity index (χ3v) is 6.96. The Bertz CT molecular complexity index is 1160. The molecule has 2 aromatic carbocycles. The molecule has 10 heteroatoms. The second-order valence-corrected chi connectivity index (χ2v) is 9.73. The predicted molar refractivity (Wildman–Crippen MR) is 113 cm³/mol. The summed E-state index contributed by atoms with van der Waals surface area (Å²) in [6.07, 6.45) is 0. The van der Waals surface area contributed by atoms with Crippen molar-refractivity contribution in [2.24, 2.45) is 0 Å². The molecule has 1 heterocycles. The third kappa shape index (κ3) is 4.47. The molecule has 1 atom stereocenters. The summed E-state index contributed by atoms with van der Waals surface area (Å²) in [5, 5.41) is 0.430. The fraction of sp³-hybridized carbons (Fsp3) is 0.316. The fourth-order valence-electron chi connectivity index (χ4n) is 3.13. The molecule has 0 saturated heterocycles. The minimum Gasteiger partial charge on any atom is -0.327 e. The van der Waals surface area contributed by atoms with E-state index in [4.69, 9.17) is 11.6 Å². The second-order valence-electron chi connectivity index (χ2n) is 6.72. The molecule has 3 rings (SSSR count). The van der Waals surface area contributed by atoms with Gasteiger partial charge in [0.15, 0.2) is 0 Å². The molecule has 0 aliphatic heterocycles.